The molecule has 0 aliphatic rings. The number of allylic oxidation sites excluding steroid dienone is 3. The zero-order valence-corrected chi connectivity index (χ0v) is 43.7. The molecule has 2 unspecified atom stereocenters. The Morgan fingerprint density at radius 1 is 0.415 bits per heavy atom. The number of esters is 1. The molecular formula is C59H113NO5. The molecule has 0 heterocycles. The van der Waals surface area contributed by atoms with Gasteiger partial charge >= 0.3 is 5.97 Å². The van der Waals surface area contributed by atoms with Crippen molar-refractivity contribution in [3.05, 3.63) is 24.3 Å². The van der Waals surface area contributed by atoms with E-state index in [4.69, 9.17) is 4.74 Å². The van der Waals surface area contributed by atoms with Gasteiger partial charge in [0.15, 0.2) is 0 Å². The fourth-order valence-electron chi connectivity index (χ4n) is 8.98. The molecule has 0 rings (SSSR count). The molecule has 6 heteroatoms. The molecule has 0 aliphatic carbocycles. The predicted octanol–water partition coefficient (Wildman–Crippen LogP) is 17.9. The van der Waals surface area contributed by atoms with Gasteiger partial charge < -0.3 is 20.3 Å². The van der Waals surface area contributed by atoms with E-state index in [-0.39, 0.29) is 18.5 Å². The normalized spacial score (nSPS) is 12.7. The predicted molar refractivity (Wildman–Crippen MR) is 283 cm³/mol. The van der Waals surface area contributed by atoms with Gasteiger partial charge in [0.1, 0.15) is 0 Å². The Bertz CT molecular complexity index is 1010. The smallest absolute Gasteiger partial charge is 0.305 e. The standard InChI is InChI=1S/C59H113NO5/c1-3-5-7-9-11-13-15-17-18-25-28-31-35-39-43-47-51-57(62)56(55-61)60-58(63)52-48-44-40-36-32-29-26-23-21-19-20-22-24-27-30-34-38-42-46-50-54-65-59(64)53-49-45-41-37-33-16-14-12-10-8-6-4-2/h19,21,47,51,56-57,61-62H,3-18,20,22-46,48-50,52-55H2,1-2H3,(H,60,63)/b21-19-,51-47+. The lowest BCUT2D eigenvalue weighted by Gasteiger charge is -2.20. The van der Waals surface area contributed by atoms with Crippen molar-refractivity contribution < 1.29 is 24.5 Å². The van der Waals surface area contributed by atoms with E-state index in [1.54, 1.807) is 6.08 Å². The van der Waals surface area contributed by atoms with Gasteiger partial charge in [0, 0.05) is 12.8 Å². The molecule has 384 valence electrons. The van der Waals surface area contributed by atoms with Crippen LogP contribution < -0.4 is 5.32 Å². The Hall–Kier alpha value is -1.66. The average Bonchev–Trinajstić information content (AvgIpc) is 3.31. The Balaban J connectivity index is 3.46. The van der Waals surface area contributed by atoms with E-state index in [0.717, 1.165) is 44.9 Å². The molecule has 0 aliphatic heterocycles. The van der Waals surface area contributed by atoms with Crippen molar-refractivity contribution in [2.75, 3.05) is 13.2 Å². The number of aliphatic hydroxyl groups excluding tert-OH is 2. The van der Waals surface area contributed by atoms with E-state index >= 15 is 0 Å². The Kier molecular flexibility index (Phi) is 53.5. The summed E-state index contributed by atoms with van der Waals surface area (Å²) in [5, 5.41) is 23.1. The van der Waals surface area contributed by atoms with Crippen LogP contribution in [0.5, 0.6) is 0 Å². The van der Waals surface area contributed by atoms with Crippen molar-refractivity contribution in [1.82, 2.24) is 5.32 Å². The van der Waals surface area contributed by atoms with Crippen LogP contribution in [0, 0.1) is 0 Å². The van der Waals surface area contributed by atoms with Gasteiger partial charge in [0.05, 0.1) is 25.4 Å². The summed E-state index contributed by atoms with van der Waals surface area (Å²) in [6.07, 6.45) is 66.3. The quantitative estimate of drug-likeness (QED) is 0.0321. The van der Waals surface area contributed by atoms with E-state index < -0.39 is 12.1 Å². The molecule has 0 saturated heterocycles. The van der Waals surface area contributed by atoms with Gasteiger partial charge in [-0.15, -0.1) is 0 Å². The highest BCUT2D eigenvalue weighted by Gasteiger charge is 2.18. The van der Waals surface area contributed by atoms with Crippen LogP contribution in [0.15, 0.2) is 24.3 Å². The highest BCUT2D eigenvalue weighted by molar-refractivity contribution is 5.76. The second kappa shape index (κ2) is 54.9. The van der Waals surface area contributed by atoms with Crippen molar-refractivity contribution in [1.29, 1.82) is 0 Å². The first-order valence-corrected chi connectivity index (χ1v) is 29.1. The van der Waals surface area contributed by atoms with Crippen LogP contribution in [0.1, 0.15) is 316 Å². The first-order chi connectivity index (χ1) is 32.0. The number of carbonyl (C=O) groups is 2. The summed E-state index contributed by atoms with van der Waals surface area (Å²) < 4.78 is 5.46. The zero-order valence-electron chi connectivity index (χ0n) is 43.7. The number of unbranched alkanes of at least 4 members (excludes halogenated alkanes) is 41. The monoisotopic (exact) mass is 916 g/mol. The topological polar surface area (TPSA) is 95.9 Å². The molecule has 0 aromatic heterocycles. The van der Waals surface area contributed by atoms with Crippen LogP contribution in [-0.4, -0.2) is 47.4 Å². The lowest BCUT2D eigenvalue weighted by Crippen LogP contribution is -2.45. The molecule has 0 aromatic rings. The molecule has 6 nitrogen and oxygen atoms in total. The Labute approximate surface area is 405 Å². The second-order valence-corrected chi connectivity index (χ2v) is 20.0. The molecular weight excluding hydrogens is 803 g/mol. The van der Waals surface area contributed by atoms with Gasteiger partial charge in [-0.05, 0) is 57.8 Å². The fourth-order valence-corrected chi connectivity index (χ4v) is 8.98. The average molecular weight is 917 g/mol. The third kappa shape index (κ3) is 51.6. The number of rotatable bonds is 54. The maximum Gasteiger partial charge on any atom is 0.305 e. The number of ether oxygens (including phenoxy) is 1. The second-order valence-electron chi connectivity index (χ2n) is 20.0. The molecule has 3 N–H and O–H groups in total. The summed E-state index contributed by atoms with van der Waals surface area (Å²) in [6, 6.07) is -0.634. The van der Waals surface area contributed by atoms with Crippen LogP contribution in [0.2, 0.25) is 0 Å². The van der Waals surface area contributed by atoms with E-state index in [9.17, 15) is 19.8 Å². The third-order valence-electron chi connectivity index (χ3n) is 13.5. The maximum absolute atomic E-state index is 12.5. The number of aliphatic hydroxyl groups is 2. The van der Waals surface area contributed by atoms with Crippen LogP contribution in [0.3, 0.4) is 0 Å². The molecule has 2 atom stereocenters. The highest BCUT2D eigenvalue weighted by Crippen LogP contribution is 2.17. The van der Waals surface area contributed by atoms with Crippen molar-refractivity contribution in [2.45, 2.75) is 328 Å². The van der Waals surface area contributed by atoms with Crippen molar-refractivity contribution in [3.8, 4) is 0 Å². The van der Waals surface area contributed by atoms with Crippen LogP contribution in [-0.2, 0) is 14.3 Å². The van der Waals surface area contributed by atoms with Crippen LogP contribution >= 0.6 is 0 Å². The molecule has 0 spiro atoms. The Morgan fingerprint density at radius 2 is 0.723 bits per heavy atom. The van der Waals surface area contributed by atoms with E-state index in [1.165, 1.54) is 244 Å². The first kappa shape index (κ1) is 63.3. The fraction of sp³-hybridized carbons (Fsp3) is 0.898. The summed E-state index contributed by atoms with van der Waals surface area (Å²) >= 11 is 0. The van der Waals surface area contributed by atoms with E-state index in [2.05, 4.69) is 31.3 Å². The van der Waals surface area contributed by atoms with Gasteiger partial charge in [0.2, 0.25) is 5.91 Å². The lowest BCUT2D eigenvalue weighted by molar-refractivity contribution is -0.143. The summed E-state index contributed by atoms with van der Waals surface area (Å²) in [5.74, 6) is -0.0688. The molecule has 0 radical (unpaired) electrons. The number of amides is 1. The van der Waals surface area contributed by atoms with Crippen molar-refractivity contribution in [3.63, 3.8) is 0 Å². The first-order valence-electron chi connectivity index (χ1n) is 29.1. The minimum absolute atomic E-state index is 0.00631. The van der Waals surface area contributed by atoms with Gasteiger partial charge in [0.25, 0.3) is 0 Å². The van der Waals surface area contributed by atoms with Gasteiger partial charge in [-0.25, -0.2) is 0 Å². The molecule has 1 amide bonds. The van der Waals surface area contributed by atoms with Gasteiger partial charge in [-0.2, -0.15) is 0 Å². The molecule has 0 fully saturated rings. The van der Waals surface area contributed by atoms with Crippen molar-refractivity contribution in [2.24, 2.45) is 0 Å². The van der Waals surface area contributed by atoms with Gasteiger partial charge in [-0.3, -0.25) is 9.59 Å². The van der Waals surface area contributed by atoms with Gasteiger partial charge in [-0.1, -0.05) is 269 Å². The summed E-state index contributed by atoms with van der Waals surface area (Å²) in [5.41, 5.74) is 0. The number of hydrogen-bond donors (Lipinski definition) is 3. The lowest BCUT2D eigenvalue weighted by atomic mass is 10.0. The molecule has 65 heavy (non-hydrogen) atoms. The zero-order chi connectivity index (χ0) is 47.2. The molecule has 0 saturated carbocycles. The largest absolute Gasteiger partial charge is 0.466 e. The maximum atomic E-state index is 12.5. The summed E-state index contributed by atoms with van der Waals surface area (Å²) in [7, 11) is 0. The molecule has 0 bridgehead atoms. The number of hydrogen-bond acceptors (Lipinski definition) is 5. The Morgan fingerprint density at radius 3 is 1.09 bits per heavy atom. The SMILES string of the molecule is CCCCCCCCCCCCCCCC/C=C/C(O)C(CO)NC(=O)CCCCCCCCC/C=C\CCCCCCCCCCCOC(=O)CCCCCCCCCCCCCC. The number of carbonyl (C=O) groups excluding carboxylic acids is 2. The summed E-state index contributed by atoms with van der Waals surface area (Å²) in [4.78, 5) is 24.5. The number of nitrogens with one attached hydrogen (secondary N) is 1. The van der Waals surface area contributed by atoms with Crippen molar-refractivity contribution >= 4 is 11.9 Å². The van der Waals surface area contributed by atoms with Crippen LogP contribution in [0.4, 0.5) is 0 Å². The minimum atomic E-state index is -0.849. The third-order valence-corrected chi connectivity index (χ3v) is 13.5. The molecule has 0 aromatic carbocycles. The van der Waals surface area contributed by atoms with Crippen LogP contribution in [0.25, 0.3) is 0 Å². The van der Waals surface area contributed by atoms with E-state index in [1.807, 2.05) is 6.08 Å². The summed E-state index contributed by atoms with van der Waals surface area (Å²) in [6.45, 7) is 4.90. The minimum Gasteiger partial charge on any atom is -0.466 e. The highest BCUT2D eigenvalue weighted by atomic mass is 16.5. The van der Waals surface area contributed by atoms with E-state index in [0.29, 0.717) is 19.4 Å².